The van der Waals surface area contributed by atoms with Crippen molar-refractivity contribution >= 4 is 8.07 Å². The Morgan fingerprint density at radius 2 is 1.67 bits per heavy atom. The van der Waals surface area contributed by atoms with Crippen molar-refractivity contribution in [3.63, 3.8) is 0 Å². The molecule has 15 heavy (non-hydrogen) atoms. The van der Waals surface area contributed by atoms with Crippen LogP contribution in [0.5, 0.6) is 0 Å². The highest BCUT2D eigenvalue weighted by molar-refractivity contribution is 6.83. The Morgan fingerprint density at radius 1 is 1.13 bits per heavy atom. The molecule has 0 aromatic heterocycles. The van der Waals surface area contributed by atoms with E-state index in [0.29, 0.717) is 13.2 Å². The van der Waals surface area contributed by atoms with Crippen molar-refractivity contribution in [2.75, 3.05) is 13.2 Å². The Hall–Kier alpha value is -0.563. The van der Waals surface area contributed by atoms with E-state index in [2.05, 4.69) is 31.1 Å². The van der Waals surface area contributed by atoms with Gasteiger partial charge in [-0.3, -0.25) is 0 Å². The number of allylic oxidation sites excluding steroid dienone is 1. The molecule has 0 rings (SSSR count). The Labute approximate surface area is 94.7 Å². The second-order valence-electron chi connectivity index (χ2n) is 4.16. The van der Waals surface area contributed by atoms with E-state index in [-0.39, 0.29) is 6.29 Å². The van der Waals surface area contributed by atoms with Gasteiger partial charge in [-0.25, -0.2) is 0 Å². The van der Waals surface area contributed by atoms with Gasteiger partial charge in [0.1, 0.15) is 8.07 Å². The molecule has 0 N–H and O–H groups in total. The van der Waals surface area contributed by atoms with Gasteiger partial charge in [-0.1, -0.05) is 25.6 Å². The first-order valence-electron chi connectivity index (χ1n) is 5.42. The maximum absolute atomic E-state index is 5.35. The second kappa shape index (κ2) is 7.69. The first-order valence-corrected chi connectivity index (χ1v) is 8.92. The van der Waals surface area contributed by atoms with Crippen molar-refractivity contribution < 1.29 is 9.47 Å². The molecule has 0 aliphatic rings. The molecule has 0 aliphatic heterocycles. The lowest BCUT2D eigenvalue weighted by molar-refractivity contribution is -0.103. The second-order valence-corrected chi connectivity index (χ2v) is 8.91. The van der Waals surface area contributed by atoms with Gasteiger partial charge in [0.15, 0.2) is 6.29 Å². The van der Waals surface area contributed by atoms with Crippen LogP contribution in [0.2, 0.25) is 19.6 Å². The van der Waals surface area contributed by atoms with Crippen molar-refractivity contribution in [2.24, 2.45) is 0 Å². The minimum atomic E-state index is -1.26. The summed E-state index contributed by atoms with van der Waals surface area (Å²) in [6, 6.07) is 0. The molecular weight excluding hydrogens is 204 g/mol. The van der Waals surface area contributed by atoms with E-state index in [1.165, 1.54) is 0 Å². The van der Waals surface area contributed by atoms with Gasteiger partial charge in [-0.05, 0) is 26.0 Å². The molecule has 0 saturated heterocycles. The zero-order valence-corrected chi connectivity index (χ0v) is 11.5. The van der Waals surface area contributed by atoms with Gasteiger partial charge >= 0.3 is 0 Å². The molecule has 0 radical (unpaired) electrons. The summed E-state index contributed by atoms with van der Waals surface area (Å²) in [6.45, 7) is 11.9. The molecule has 0 aromatic rings. The monoisotopic (exact) mass is 226 g/mol. The average Bonchev–Trinajstić information content (AvgIpc) is 2.11. The Balaban J connectivity index is 4.13. The third-order valence-corrected chi connectivity index (χ3v) is 2.34. The van der Waals surface area contributed by atoms with E-state index in [0.717, 1.165) is 0 Å². The quantitative estimate of drug-likeness (QED) is 0.408. The predicted molar refractivity (Wildman–Crippen MR) is 67.3 cm³/mol. The van der Waals surface area contributed by atoms with Gasteiger partial charge in [0, 0.05) is 13.2 Å². The molecule has 0 heterocycles. The van der Waals surface area contributed by atoms with Gasteiger partial charge in [0.05, 0.1) is 0 Å². The highest BCUT2D eigenvalue weighted by Gasteiger charge is 2.06. The average molecular weight is 226 g/mol. The van der Waals surface area contributed by atoms with E-state index in [9.17, 15) is 0 Å². The van der Waals surface area contributed by atoms with Crippen molar-refractivity contribution in [3.05, 3.63) is 12.2 Å². The number of rotatable bonds is 5. The van der Waals surface area contributed by atoms with Gasteiger partial charge in [-0.2, -0.15) is 0 Å². The molecule has 86 valence electrons. The van der Waals surface area contributed by atoms with Crippen LogP contribution < -0.4 is 0 Å². The summed E-state index contributed by atoms with van der Waals surface area (Å²) < 4.78 is 10.7. The summed E-state index contributed by atoms with van der Waals surface area (Å²) in [6.07, 6.45) is 3.44. The molecule has 2 nitrogen and oxygen atoms in total. The number of ether oxygens (including phenoxy) is 2. The molecule has 0 aromatic carbocycles. The van der Waals surface area contributed by atoms with Crippen LogP contribution in [-0.2, 0) is 9.47 Å². The van der Waals surface area contributed by atoms with Gasteiger partial charge in [-0.15, -0.1) is 5.54 Å². The molecule has 0 spiro atoms. The first-order chi connectivity index (χ1) is 6.99. The molecule has 0 unspecified atom stereocenters. The van der Waals surface area contributed by atoms with Crippen LogP contribution in [-0.4, -0.2) is 27.6 Å². The fraction of sp³-hybridized carbons (Fsp3) is 0.667. The fourth-order valence-corrected chi connectivity index (χ4v) is 1.39. The highest BCUT2D eigenvalue weighted by Crippen LogP contribution is 1.98. The molecule has 3 heteroatoms. The van der Waals surface area contributed by atoms with Crippen LogP contribution in [0, 0.1) is 11.5 Å². The molecule has 0 amide bonds. The molecule has 0 atom stereocenters. The molecule has 0 fully saturated rings. The highest BCUT2D eigenvalue weighted by atomic mass is 28.3. The maximum Gasteiger partial charge on any atom is 0.177 e. The summed E-state index contributed by atoms with van der Waals surface area (Å²) in [5.74, 6) is 3.04. The smallest absolute Gasteiger partial charge is 0.177 e. The predicted octanol–water partition coefficient (Wildman–Crippen LogP) is 2.82. The number of hydrogen-bond acceptors (Lipinski definition) is 2. The van der Waals surface area contributed by atoms with Crippen LogP contribution in [0.25, 0.3) is 0 Å². The van der Waals surface area contributed by atoms with Crippen LogP contribution in [0.4, 0.5) is 0 Å². The summed E-state index contributed by atoms with van der Waals surface area (Å²) >= 11 is 0. The molecule has 0 aliphatic carbocycles. The van der Waals surface area contributed by atoms with Crippen LogP contribution >= 0.6 is 0 Å². The lowest BCUT2D eigenvalue weighted by Crippen LogP contribution is -2.16. The largest absolute Gasteiger partial charge is 0.349 e. The molecule has 0 bridgehead atoms. The Morgan fingerprint density at radius 3 is 2.07 bits per heavy atom. The van der Waals surface area contributed by atoms with E-state index in [1.807, 2.05) is 26.0 Å². The Bertz CT molecular complexity index is 237. The third kappa shape index (κ3) is 9.73. The minimum absolute atomic E-state index is 0.254. The van der Waals surface area contributed by atoms with Crippen LogP contribution in [0.15, 0.2) is 12.2 Å². The fourth-order valence-electron chi connectivity index (χ4n) is 0.873. The van der Waals surface area contributed by atoms with E-state index in [4.69, 9.17) is 9.47 Å². The van der Waals surface area contributed by atoms with Crippen molar-refractivity contribution in [1.82, 2.24) is 0 Å². The first kappa shape index (κ1) is 14.4. The van der Waals surface area contributed by atoms with E-state index >= 15 is 0 Å². The van der Waals surface area contributed by atoms with E-state index < -0.39 is 8.07 Å². The number of hydrogen-bond donors (Lipinski definition) is 0. The lowest BCUT2D eigenvalue weighted by Gasteiger charge is -2.11. The van der Waals surface area contributed by atoms with Gasteiger partial charge in [0.25, 0.3) is 0 Å². The zero-order chi connectivity index (χ0) is 11.7. The standard InChI is InChI=1S/C12H22O2Si/c1-6-13-12(14-7-2)10-8-9-11-15(3,4)5/h8,10,12H,6-7H2,1-5H3/b10-8+. The molecule has 0 saturated carbocycles. The zero-order valence-electron chi connectivity index (χ0n) is 10.5. The summed E-state index contributed by atoms with van der Waals surface area (Å²) in [4.78, 5) is 0. The summed E-state index contributed by atoms with van der Waals surface area (Å²) in [7, 11) is -1.26. The van der Waals surface area contributed by atoms with Gasteiger partial charge < -0.3 is 9.47 Å². The lowest BCUT2D eigenvalue weighted by atomic mass is 10.5. The Kier molecular flexibility index (Phi) is 7.40. The van der Waals surface area contributed by atoms with E-state index in [1.54, 1.807) is 0 Å². The third-order valence-electron chi connectivity index (χ3n) is 1.45. The summed E-state index contributed by atoms with van der Waals surface area (Å²) in [5, 5.41) is 0. The molecular formula is C12H22O2Si. The normalized spacial score (nSPS) is 11.9. The van der Waals surface area contributed by atoms with Crippen molar-refractivity contribution in [1.29, 1.82) is 0 Å². The van der Waals surface area contributed by atoms with Crippen LogP contribution in [0.1, 0.15) is 13.8 Å². The van der Waals surface area contributed by atoms with Crippen molar-refractivity contribution in [2.45, 2.75) is 39.8 Å². The van der Waals surface area contributed by atoms with Crippen molar-refractivity contribution in [3.8, 4) is 11.5 Å². The maximum atomic E-state index is 5.35. The SMILES string of the molecule is CCOC(/C=C/C#C[Si](C)(C)C)OCC. The topological polar surface area (TPSA) is 18.5 Å². The minimum Gasteiger partial charge on any atom is -0.349 e. The van der Waals surface area contributed by atoms with Crippen LogP contribution in [0.3, 0.4) is 0 Å². The van der Waals surface area contributed by atoms with Gasteiger partial charge in [0.2, 0.25) is 0 Å². The summed E-state index contributed by atoms with van der Waals surface area (Å²) in [5.41, 5.74) is 3.25.